The van der Waals surface area contributed by atoms with Crippen LogP contribution < -0.4 is 5.32 Å². The normalized spacial score (nSPS) is 15.0. The summed E-state index contributed by atoms with van der Waals surface area (Å²) < 4.78 is 13.8. The van der Waals surface area contributed by atoms with Crippen LogP contribution in [0.1, 0.15) is 28.8 Å². The summed E-state index contributed by atoms with van der Waals surface area (Å²) in [7, 11) is 0. The third-order valence-corrected chi connectivity index (χ3v) is 5.23. The van der Waals surface area contributed by atoms with Crippen LogP contribution in [0.15, 0.2) is 54.6 Å². The number of carbonyl (C=O) groups is 2. The van der Waals surface area contributed by atoms with Crippen LogP contribution in [-0.4, -0.2) is 36.3 Å². The lowest BCUT2D eigenvalue weighted by Crippen LogP contribution is -2.41. The van der Waals surface area contributed by atoms with E-state index in [0.717, 1.165) is 18.4 Å². The van der Waals surface area contributed by atoms with Crippen LogP contribution in [-0.2, 0) is 4.79 Å². The van der Waals surface area contributed by atoms with Gasteiger partial charge >= 0.3 is 0 Å². The van der Waals surface area contributed by atoms with Crippen LogP contribution >= 0.6 is 11.6 Å². The molecule has 0 aliphatic carbocycles. The molecule has 1 heterocycles. The van der Waals surface area contributed by atoms with Crippen LogP contribution in [0, 0.1) is 11.7 Å². The van der Waals surface area contributed by atoms with E-state index in [1.54, 1.807) is 29.2 Å². The molecule has 2 amide bonds. The molecule has 0 radical (unpaired) electrons. The SMILES string of the molecule is O=C(C=Cc1ccccc1Cl)NCC1CCN(C(=O)c2ccccc2F)CC1. The van der Waals surface area contributed by atoms with E-state index in [1.165, 1.54) is 18.2 Å². The zero-order valence-corrected chi connectivity index (χ0v) is 16.2. The molecule has 28 heavy (non-hydrogen) atoms. The zero-order chi connectivity index (χ0) is 19.9. The smallest absolute Gasteiger partial charge is 0.256 e. The van der Waals surface area contributed by atoms with Crippen LogP contribution in [0.3, 0.4) is 0 Å². The number of hydrogen-bond donors (Lipinski definition) is 1. The third kappa shape index (κ3) is 5.20. The molecule has 0 atom stereocenters. The second kappa shape index (κ2) is 9.51. The summed E-state index contributed by atoms with van der Waals surface area (Å²) in [6.45, 7) is 1.67. The van der Waals surface area contributed by atoms with Crippen molar-refractivity contribution in [1.82, 2.24) is 10.2 Å². The predicted octanol–water partition coefficient (Wildman–Crippen LogP) is 4.16. The van der Waals surface area contributed by atoms with Crippen molar-refractivity contribution in [2.45, 2.75) is 12.8 Å². The summed E-state index contributed by atoms with van der Waals surface area (Å²) in [6.07, 6.45) is 4.70. The van der Waals surface area contributed by atoms with E-state index in [0.29, 0.717) is 30.6 Å². The van der Waals surface area contributed by atoms with Crippen LogP contribution in [0.5, 0.6) is 0 Å². The van der Waals surface area contributed by atoms with Crippen LogP contribution in [0.4, 0.5) is 4.39 Å². The number of likely N-dealkylation sites (tertiary alicyclic amines) is 1. The molecule has 4 nitrogen and oxygen atoms in total. The average Bonchev–Trinajstić information content (AvgIpc) is 2.72. The highest BCUT2D eigenvalue weighted by molar-refractivity contribution is 6.32. The third-order valence-electron chi connectivity index (χ3n) is 4.89. The molecule has 1 aliphatic heterocycles. The number of halogens is 2. The molecule has 1 N–H and O–H groups in total. The minimum atomic E-state index is -0.493. The van der Waals surface area contributed by atoms with Crippen LogP contribution in [0.2, 0.25) is 5.02 Å². The number of amides is 2. The zero-order valence-electron chi connectivity index (χ0n) is 15.4. The fourth-order valence-corrected chi connectivity index (χ4v) is 3.42. The van der Waals surface area contributed by atoms with E-state index in [4.69, 9.17) is 11.6 Å². The van der Waals surface area contributed by atoms with Gasteiger partial charge in [-0.1, -0.05) is 41.9 Å². The van der Waals surface area contributed by atoms with E-state index < -0.39 is 5.82 Å². The molecule has 0 saturated carbocycles. The molecule has 1 fully saturated rings. The monoisotopic (exact) mass is 400 g/mol. The molecular weight excluding hydrogens is 379 g/mol. The van der Waals surface area contributed by atoms with Crippen molar-refractivity contribution >= 4 is 29.5 Å². The van der Waals surface area contributed by atoms with E-state index in [9.17, 15) is 14.0 Å². The lowest BCUT2D eigenvalue weighted by molar-refractivity contribution is -0.116. The maximum absolute atomic E-state index is 13.8. The number of piperidine rings is 1. The first-order chi connectivity index (χ1) is 13.5. The van der Waals surface area contributed by atoms with Crippen molar-refractivity contribution in [3.8, 4) is 0 Å². The van der Waals surface area contributed by atoms with E-state index in [-0.39, 0.29) is 17.4 Å². The summed E-state index contributed by atoms with van der Waals surface area (Å²) in [5.41, 5.74) is 0.901. The molecule has 0 unspecified atom stereocenters. The number of nitrogens with one attached hydrogen (secondary N) is 1. The van der Waals surface area contributed by atoms with Crippen LogP contribution in [0.25, 0.3) is 6.08 Å². The number of hydrogen-bond acceptors (Lipinski definition) is 2. The van der Waals surface area contributed by atoms with Gasteiger partial charge in [0.1, 0.15) is 5.82 Å². The Morgan fingerprint density at radius 2 is 1.79 bits per heavy atom. The average molecular weight is 401 g/mol. The standard InChI is InChI=1S/C22H22ClFN2O2/c23-19-7-3-1-5-17(19)9-10-21(27)25-15-16-11-13-26(14-12-16)22(28)18-6-2-4-8-20(18)24/h1-10,16H,11-15H2,(H,25,27). The van der Waals surface area contributed by atoms with Gasteiger partial charge in [0.2, 0.25) is 5.91 Å². The lowest BCUT2D eigenvalue weighted by atomic mass is 9.96. The molecule has 2 aromatic carbocycles. The lowest BCUT2D eigenvalue weighted by Gasteiger charge is -2.32. The highest BCUT2D eigenvalue weighted by Crippen LogP contribution is 2.20. The van der Waals surface area contributed by atoms with Gasteiger partial charge in [-0.2, -0.15) is 0 Å². The second-order valence-corrected chi connectivity index (χ2v) is 7.22. The minimum Gasteiger partial charge on any atom is -0.352 e. The molecule has 146 valence electrons. The van der Waals surface area contributed by atoms with Crippen molar-refractivity contribution in [3.05, 3.63) is 76.6 Å². The highest BCUT2D eigenvalue weighted by atomic mass is 35.5. The first-order valence-electron chi connectivity index (χ1n) is 9.29. The predicted molar refractivity (Wildman–Crippen MR) is 109 cm³/mol. The molecule has 1 saturated heterocycles. The van der Waals surface area contributed by atoms with Gasteiger partial charge in [-0.05, 0) is 48.6 Å². The van der Waals surface area contributed by atoms with Gasteiger partial charge in [0.15, 0.2) is 0 Å². The molecule has 0 bridgehead atoms. The molecule has 6 heteroatoms. The summed E-state index contributed by atoms with van der Waals surface area (Å²) in [4.78, 5) is 26.1. The van der Waals surface area contributed by atoms with E-state index in [2.05, 4.69) is 5.32 Å². The fraction of sp³-hybridized carbons (Fsp3) is 0.273. The maximum Gasteiger partial charge on any atom is 0.256 e. The van der Waals surface area contributed by atoms with Crippen molar-refractivity contribution in [2.24, 2.45) is 5.92 Å². The fourth-order valence-electron chi connectivity index (χ4n) is 3.22. The molecule has 2 aromatic rings. The summed E-state index contributed by atoms with van der Waals surface area (Å²) >= 11 is 6.06. The molecule has 0 aromatic heterocycles. The van der Waals surface area contributed by atoms with Crippen molar-refractivity contribution < 1.29 is 14.0 Å². The molecule has 1 aliphatic rings. The van der Waals surface area contributed by atoms with Gasteiger partial charge in [0.25, 0.3) is 5.91 Å². The van der Waals surface area contributed by atoms with E-state index in [1.807, 2.05) is 18.2 Å². The Kier molecular flexibility index (Phi) is 6.82. The Labute approximate surface area is 169 Å². The number of nitrogens with zero attached hydrogens (tertiary/aromatic N) is 1. The summed E-state index contributed by atoms with van der Waals surface area (Å²) in [6, 6.07) is 13.4. The Morgan fingerprint density at radius 1 is 1.11 bits per heavy atom. The van der Waals surface area contributed by atoms with Gasteiger partial charge in [0, 0.05) is 30.7 Å². The van der Waals surface area contributed by atoms with Crippen molar-refractivity contribution in [3.63, 3.8) is 0 Å². The summed E-state index contributed by atoms with van der Waals surface area (Å²) in [5.74, 6) is -0.650. The quantitative estimate of drug-likeness (QED) is 0.766. The maximum atomic E-state index is 13.8. The largest absolute Gasteiger partial charge is 0.352 e. The van der Waals surface area contributed by atoms with Crippen molar-refractivity contribution in [1.29, 1.82) is 0 Å². The Hall–Kier alpha value is -2.66. The topological polar surface area (TPSA) is 49.4 Å². The van der Waals surface area contributed by atoms with Gasteiger partial charge in [-0.15, -0.1) is 0 Å². The number of carbonyl (C=O) groups excluding carboxylic acids is 2. The second-order valence-electron chi connectivity index (χ2n) is 6.82. The highest BCUT2D eigenvalue weighted by Gasteiger charge is 2.25. The minimum absolute atomic E-state index is 0.110. The van der Waals surface area contributed by atoms with E-state index >= 15 is 0 Å². The Balaban J connectivity index is 1.44. The Morgan fingerprint density at radius 3 is 2.50 bits per heavy atom. The van der Waals surface area contributed by atoms with Gasteiger partial charge in [-0.3, -0.25) is 9.59 Å². The van der Waals surface area contributed by atoms with Gasteiger partial charge in [-0.25, -0.2) is 4.39 Å². The molecule has 0 spiro atoms. The number of rotatable bonds is 5. The molecule has 3 rings (SSSR count). The first-order valence-corrected chi connectivity index (χ1v) is 9.66. The van der Waals surface area contributed by atoms with Gasteiger partial charge < -0.3 is 10.2 Å². The van der Waals surface area contributed by atoms with Crippen molar-refractivity contribution in [2.75, 3.05) is 19.6 Å². The summed E-state index contributed by atoms with van der Waals surface area (Å²) in [5, 5.41) is 3.49. The first kappa shape index (κ1) is 20.1. The Bertz CT molecular complexity index is 876. The van der Waals surface area contributed by atoms with Gasteiger partial charge in [0.05, 0.1) is 5.56 Å². The molecular formula is C22H22ClFN2O2. The number of benzene rings is 2.